The largest absolute Gasteiger partial charge is 0.341 e. The normalized spacial score (nSPS) is 20.1. The Hall–Kier alpha value is -0.570. The van der Waals surface area contributed by atoms with Crippen molar-refractivity contribution in [3.05, 3.63) is 0 Å². The number of unbranched alkanes of at least 4 members (excludes halogenated alkanes) is 5. The molecule has 1 fully saturated rings. The summed E-state index contributed by atoms with van der Waals surface area (Å²) in [5.41, 5.74) is 0. The Labute approximate surface area is 112 Å². The summed E-state index contributed by atoms with van der Waals surface area (Å²) in [7, 11) is 0. The van der Waals surface area contributed by atoms with Gasteiger partial charge >= 0.3 is 0 Å². The maximum absolute atomic E-state index is 12.1. The number of amides is 1. The van der Waals surface area contributed by atoms with Crippen molar-refractivity contribution in [3.63, 3.8) is 0 Å². The van der Waals surface area contributed by atoms with E-state index in [1.807, 2.05) is 4.90 Å². The fourth-order valence-corrected chi connectivity index (χ4v) is 2.60. The summed E-state index contributed by atoms with van der Waals surface area (Å²) >= 11 is 0. The Morgan fingerprint density at radius 2 is 1.89 bits per heavy atom. The van der Waals surface area contributed by atoms with Crippen molar-refractivity contribution in [1.29, 1.82) is 0 Å². The summed E-state index contributed by atoms with van der Waals surface area (Å²) in [4.78, 5) is 14.1. The lowest BCUT2D eigenvalue weighted by molar-refractivity contribution is -0.129. The molecule has 1 rings (SSSR count). The molecule has 1 heterocycles. The van der Waals surface area contributed by atoms with Crippen molar-refractivity contribution in [2.75, 3.05) is 13.1 Å². The zero-order chi connectivity index (χ0) is 13.4. The van der Waals surface area contributed by atoms with Gasteiger partial charge in [-0.1, -0.05) is 52.9 Å². The van der Waals surface area contributed by atoms with Gasteiger partial charge in [-0.3, -0.25) is 4.79 Å². The molecule has 106 valence electrons. The first kappa shape index (κ1) is 15.5. The van der Waals surface area contributed by atoms with Crippen LogP contribution in [0, 0.1) is 0 Å². The maximum atomic E-state index is 12.1. The minimum atomic E-state index is 0.0742. The molecule has 1 N–H and O–H groups in total. The summed E-state index contributed by atoms with van der Waals surface area (Å²) in [6.45, 7) is 8.34. The number of hydrogen-bond donors (Lipinski definition) is 1. The lowest BCUT2D eigenvalue weighted by Crippen LogP contribution is -2.41. The number of rotatable bonds is 9. The Morgan fingerprint density at radius 1 is 1.22 bits per heavy atom. The average molecular weight is 254 g/mol. The van der Waals surface area contributed by atoms with E-state index in [0.29, 0.717) is 11.9 Å². The van der Waals surface area contributed by atoms with Gasteiger partial charge < -0.3 is 10.2 Å². The van der Waals surface area contributed by atoms with Gasteiger partial charge in [0.25, 0.3) is 0 Å². The average Bonchev–Trinajstić information content (AvgIpc) is 2.65. The molecule has 1 saturated heterocycles. The van der Waals surface area contributed by atoms with Crippen molar-refractivity contribution in [3.8, 4) is 0 Å². The number of carbonyl (C=O) groups is 1. The second-order valence-corrected chi connectivity index (χ2v) is 5.76. The van der Waals surface area contributed by atoms with Crippen molar-refractivity contribution < 1.29 is 4.79 Å². The molecule has 3 heteroatoms. The van der Waals surface area contributed by atoms with Gasteiger partial charge in [0.05, 0.1) is 6.04 Å². The number of likely N-dealkylation sites (tertiary alicyclic amines) is 1. The van der Waals surface area contributed by atoms with Gasteiger partial charge in [0.15, 0.2) is 0 Å². The lowest BCUT2D eigenvalue weighted by atomic mass is 10.1. The van der Waals surface area contributed by atoms with Crippen LogP contribution in [0.1, 0.15) is 65.7 Å². The van der Waals surface area contributed by atoms with E-state index in [1.54, 1.807) is 0 Å². The Balaban J connectivity index is 2.11. The second kappa shape index (κ2) is 8.52. The molecule has 0 saturated carbocycles. The van der Waals surface area contributed by atoms with E-state index < -0.39 is 0 Å². The predicted molar refractivity (Wildman–Crippen MR) is 76.6 cm³/mol. The minimum Gasteiger partial charge on any atom is -0.341 e. The molecule has 0 radical (unpaired) electrons. The Kier molecular flexibility index (Phi) is 7.33. The minimum absolute atomic E-state index is 0.0742. The highest BCUT2D eigenvalue weighted by Gasteiger charge is 2.30. The van der Waals surface area contributed by atoms with Crippen LogP contribution in [-0.4, -0.2) is 36.0 Å². The zero-order valence-electron chi connectivity index (χ0n) is 12.4. The molecule has 18 heavy (non-hydrogen) atoms. The number of hydrogen-bond acceptors (Lipinski definition) is 2. The van der Waals surface area contributed by atoms with E-state index in [-0.39, 0.29) is 6.04 Å². The van der Waals surface area contributed by atoms with E-state index >= 15 is 0 Å². The molecular weight excluding hydrogens is 224 g/mol. The molecule has 1 atom stereocenters. The third-order valence-electron chi connectivity index (χ3n) is 3.61. The van der Waals surface area contributed by atoms with Gasteiger partial charge in [-0.05, 0) is 12.8 Å². The van der Waals surface area contributed by atoms with Crippen LogP contribution in [0.25, 0.3) is 0 Å². The third-order valence-corrected chi connectivity index (χ3v) is 3.61. The van der Waals surface area contributed by atoms with E-state index in [4.69, 9.17) is 0 Å². The second-order valence-electron chi connectivity index (χ2n) is 5.76. The molecule has 1 aliphatic rings. The van der Waals surface area contributed by atoms with E-state index in [2.05, 4.69) is 26.1 Å². The first-order valence-corrected chi connectivity index (χ1v) is 7.70. The summed E-state index contributed by atoms with van der Waals surface area (Å²) < 4.78 is 0. The van der Waals surface area contributed by atoms with Crippen molar-refractivity contribution in [2.45, 2.75) is 77.8 Å². The molecule has 1 amide bonds. The summed E-state index contributed by atoms with van der Waals surface area (Å²) in [5.74, 6) is 0.317. The standard InChI is InChI=1S/C15H30N2O/c1-4-5-6-7-8-9-11-17-12-10-14(15(17)18)16-13(2)3/h13-14,16H,4-12H2,1-3H3. The fourth-order valence-electron chi connectivity index (χ4n) is 2.60. The van der Waals surface area contributed by atoms with Crippen LogP contribution in [0.3, 0.4) is 0 Å². The number of carbonyl (C=O) groups excluding carboxylic acids is 1. The fraction of sp³-hybridized carbons (Fsp3) is 0.933. The van der Waals surface area contributed by atoms with Crippen LogP contribution in [0.5, 0.6) is 0 Å². The molecule has 0 aromatic heterocycles. The highest BCUT2D eigenvalue weighted by Crippen LogP contribution is 2.14. The quantitative estimate of drug-likeness (QED) is 0.642. The first-order valence-electron chi connectivity index (χ1n) is 7.70. The summed E-state index contributed by atoms with van der Waals surface area (Å²) in [6, 6.07) is 0.470. The molecule has 3 nitrogen and oxygen atoms in total. The van der Waals surface area contributed by atoms with Crippen molar-refractivity contribution in [2.24, 2.45) is 0 Å². The maximum Gasteiger partial charge on any atom is 0.239 e. The smallest absolute Gasteiger partial charge is 0.239 e. The summed E-state index contributed by atoms with van der Waals surface area (Å²) in [5, 5.41) is 3.35. The molecule has 0 bridgehead atoms. The molecule has 1 aliphatic heterocycles. The van der Waals surface area contributed by atoms with Gasteiger partial charge in [-0.2, -0.15) is 0 Å². The van der Waals surface area contributed by atoms with Crippen LogP contribution in [0.4, 0.5) is 0 Å². The number of nitrogens with zero attached hydrogens (tertiary/aromatic N) is 1. The number of nitrogens with one attached hydrogen (secondary N) is 1. The highest BCUT2D eigenvalue weighted by atomic mass is 16.2. The van der Waals surface area contributed by atoms with Gasteiger partial charge in [0.2, 0.25) is 5.91 Å². The zero-order valence-corrected chi connectivity index (χ0v) is 12.4. The van der Waals surface area contributed by atoms with Crippen LogP contribution >= 0.6 is 0 Å². The van der Waals surface area contributed by atoms with E-state index in [0.717, 1.165) is 19.5 Å². The van der Waals surface area contributed by atoms with Gasteiger partial charge in [-0.15, -0.1) is 0 Å². The Morgan fingerprint density at radius 3 is 2.56 bits per heavy atom. The summed E-state index contributed by atoms with van der Waals surface area (Å²) in [6.07, 6.45) is 8.74. The van der Waals surface area contributed by atoms with Crippen molar-refractivity contribution in [1.82, 2.24) is 10.2 Å². The monoisotopic (exact) mass is 254 g/mol. The third kappa shape index (κ3) is 5.38. The predicted octanol–water partition coefficient (Wildman–Crippen LogP) is 2.95. The van der Waals surface area contributed by atoms with E-state index in [9.17, 15) is 4.79 Å². The molecular formula is C15H30N2O. The SMILES string of the molecule is CCCCCCCCN1CCC(NC(C)C)C1=O. The van der Waals surface area contributed by atoms with Gasteiger partial charge in [-0.25, -0.2) is 0 Å². The first-order chi connectivity index (χ1) is 8.65. The van der Waals surface area contributed by atoms with E-state index in [1.165, 1.54) is 38.5 Å². The van der Waals surface area contributed by atoms with Crippen LogP contribution in [-0.2, 0) is 4.79 Å². The molecule has 1 unspecified atom stereocenters. The molecule has 0 aromatic rings. The Bertz CT molecular complexity index is 241. The van der Waals surface area contributed by atoms with Crippen LogP contribution in [0.2, 0.25) is 0 Å². The van der Waals surface area contributed by atoms with Crippen LogP contribution in [0.15, 0.2) is 0 Å². The van der Waals surface area contributed by atoms with Crippen LogP contribution < -0.4 is 5.32 Å². The topological polar surface area (TPSA) is 32.3 Å². The highest BCUT2D eigenvalue weighted by molar-refractivity contribution is 5.83. The van der Waals surface area contributed by atoms with Gasteiger partial charge in [0.1, 0.15) is 0 Å². The molecule has 0 aromatic carbocycles. The van der Waals surface area contributed by atoms with Gasteiger partial charge in [0, 0.05) is 19.1 Å². The molecule has 0 spiro atoms. The molecule has 0 aliphatic carbocycles. The lowest BCUT2D eigenvalue weighted by Gasteiger charge is -2.18. The van der Waals surface area contributed by atoms with Crippen molar-refractivity contribution >= 4 is 5.91 Å².